The third-order valence-electron chi connectivity index (χ3n) is 5.97. The van der Waals surface area contributed by atoms with Crippen LogP contribution in [0.3, 0.4) is 0 Å². The van der Waals surface area contributed by atoms with E-state index in [4.69, 9.17) is 10.5 Å². The highest BCUT2D eigenvalue weighted by Crippen LogP contribution is 2.34. The second-order valence-electron chi connectivity index (χ2n) is 7.81. The standard InChI is InChI=1S/C22H29FN4O/c1-16-15-27(8-7-25(16)2)22-14-20(23)19(13-21(22)24)17-3-5-18(6-4-17)26-9-11-28-12-10-26/h3-6,13-14,16H,7-12,15,24H2,1-2H3. The first-order valence-electron chi connectivity index (χ1n) is 10.0. The fourth-order valence-electron chi connectivity index (χ4n) is 4.02. The summed E-state index contributed by atoms with van der Waals surface area (Å²) in [4.78, 5) is 6.79. The van der Waals surface area contributed by atoms with Crippen LogP contribution in [0.15, 0.2) is 36.4 Å². The highest BCUT2D eigenvalue weighted by atomic mass is 19.1. The van der Waals surface area contributed by atoms with Crippen LogP contribution in [0.4, 0.5) is 21.5 Å². The molecule has 2 aromatic rings. The number of benzene rings is 2. The highest BCUT2D eigenvalue weighted by Gasteiger charge is 2.23. The van der Waals surface area contributed by atoms with Crippen LogP contribution in [0.25, 0.3) is 11.1 Å². The van der Waals surface area contributed by atoms with Crippen molar-refractivity contribution >= 4 is 17.1 Å². The molecule has 4 rings (SSSR count). The number of ether oxygens (including phenoxy) is 1. The number of morpholine rings is 1. The van der Waals surface area contributed by atoms with Crippen molar-refractivity contribution in [3.8, 4) is 11.1 Å². The lowest BCUT2D eigenvalue weighted by atomic mass is 10.0. The molecule has 150 valence electrons. The van der Waals surface area contributed by atoms with E-state index in [0.29, 0.717) is 17.3 Å². The van der Waals surface area contributed by atoms with Gasteiger partial charge in [-0.2, -0.15) is 0 Å². The van der Waals surface area contributed by atoms with E-state index in [1.54, 1.807) is 12.1 Å². The van der Waals surface area contributed by atoms with E-state index < -0.39 is 0 Å². The van der Waals surface area contributed by atoms with Crippen molar-refractivity contribution in [1.82, 2.24) is 4.90 Å². The second kappa shape index (κ2) is 7.97. The van der Waals surface area contributed by atoms with Gasteiger partial charge in [-0.1, -0.05) is 12.1 Å². The lowest BCUT2D eigenvalue weighted by Crippen LogP contribution is -2.50. The molecule has 2 saturated heterocycles. The first kappa shape index (κ1) is 19.0. The Bertz CT molecular complexity index is 820. The molecule has 1 atom stereocenters. The average Bonchev–Trinajstić information content (AvgIpc) is 2.72. The summed E-state index contributed by atoms with van der Waals surface area (Å²) in [7, 11) is 2.12. The van der Waals surface area contributed by atoms with E-state index >= 15 is 0 Å². The third kappa shape index (κ3) is 3.80. The maximum atomic E-state index is 15.0. The van der Waals surface area contributed by atoms with Crippen LogP contribution in [-0.4, -0.2) is 63.9 Å². The summed E-state index contributed by atoms with van der Waals surface area (Å²) in [5, 5.41) is 0. The molecular formula is C22H29FN4O. The zero-order valence-corrected chi connectivity index (χ0v) is 16.7. The van der Waals surface area contributed by atoms with Gasteiger partial charge in [0.15, 0.2) is 0 Å². The maximum Gasteiger partial charge on any atom is 0.133 e. The van der Waals surface area contributed by atoms with E-state index in [-0.39, 0.29) is 5.82 Å². The average molecular weight is 384 g/mol. The number of rotatable bonds is 3. The minimum absolute atomic E-state index is 0.227. The Balaban J connectivity index is 1.56. The van der Waals surface area contributed by atoms with Crippen molar-refractivity contribution in [2.24, 2.45) is 0 Å². The van der Waals surface area contributed by atoms with Gasteiger partial charge in [-0.25, -0.2) is 4.39 Å². The zero-order chi connectivity index (χ0) is 19.7. The Morgan fingerprint density at radius 2 is 1.71 bits per heavy atom. The molecule has 6 heteroatoms. The smallest absolute Gasteiger partial charge is 0.133 e. The Morgan fingerprint density at radius 1 is 1.00 bits per heavy atom. The summed E-state index contributed by atoms with van der Waals surface area (Å²) >= 11 is 0. The summed E-state index contributed by atoms with van der Waals surface area (Å²) in [6.07, 6.45) is 0. The van der Waals surface area contributed by atoms with Crippen molar-refractivity contribution in [3.05, 3.63) is 42.2 Å². The van der Waals surface area contributed by atoms with Gasteiger partial charge in [0.25, 0.3) is 0 Å². The fourth-order valence-corrected chi connectivity index (χ4v) is 4.02. The number of hydrogen-bond acceptors (Lipinski definition) is 5. The number of piperazine rings is 1. The maximum absolute atomic E-state index is 15.0. The molecule has 2 fully saturated rings. The Kier molecular flexibility index (Phi) is 5.42. The number of nitrogens with zero attached hydrogens (tertiary/aromatic N) is 3. The number of likely N-dealkylation sites (N-methyl/N-ethyl adjacent to an activating group) is 1. The molecule has 2 aromatic carbocycles. The second-order valence-corrected chi connectivity index (χ2v) is 7.81. The summed E-state index contributed by atoms with van der Waals surface area (Å²) in [6, 6.07) is 11.8. The molecule has 28 heavy (non-hydrogen) atoms. The molecule has 1 unspecified atom stereocenters. The highest BCUT2D eigenvalue weighted by molar-refractivity contribution is 5.78. The van der Waals surface area contributed by atoms with Gasteiger partial charge in [0, 0.05) is 50.0 Å². The number of nitrogen functional groups attached to an aromatic ring is 1. The van der Waals surface area contributed by atoms with Gasteiger partial charge in [0.2, 0.25) is 0 Å². The van der Waals surface area contributed by atoms with E-state index in [2.05, 4.69) is 28.7 Å². The van der Waals surface area contributed by atoms with Gasteiger partial charge >= 0.3 is 0 Å². The monoisotopic (exact) mass is 384 g/mol. The Hall–Kier alpha value is -2.31. The van der Waals surface area contributed by atoms with Crippen LogP contribution >= 0.6 is 0 Å². The molecule has 0 saturated carbocycles. The van der Waals surface area contributed by atoms with Gasteiger partial charge in [0.05, 0.1) is 24.6 Å². The Morgan fingerprint density at radius 3 is 2.39 bits per heavy atom. The predicted octanol–water partition coefficient (Wildman–Crippen LogP) is 3.05. The topological polar surface area (TPSA) is 45.0 Å². The summed E-state index contributed by atoms with van der Waals surface area (Å²) in [6.45, 7) is 8.12. The van der Waals surface area contributed by atoms with Crippen LogP contribution < -0.4 is 15.5 Å². The van der Waals surface area contributed by atoms with Crippen LogP contribution in [0.1, 0.15) is 6.92 Å². The van der Waals surface area contributed by atoms with E-state index in [0.717, 1.165) is 62.9 Å². The van der Waals surface area contributed by atoms with Crippen LogP contribution in [0.5, 0.6) is 0 Å². The number of anilines is 3. The summed E-state index contributed by atoms with van der Waals surface area (Å²) in [5.41, 5.74) is 10.3. The summed E-state index contributed by atoms with van der Waals surface area (Å²) in [5.74, 6) is -0.227. The van der Waals surface area contributed by atoms with Crippen molar-refractivity contribution in [2.75, 3.05) is 68.5 Å². The number of nitrogens with two attached hydrogens (primary N) is 1. The molecule has 0 spiro atoms. The van der Waals surface area contributed by atoms with Gasteiger partial charge in [-0.3, -0.25) is 0 Å². The predicted molar refractivity (Wildman–Crippen MR) is 114 cm³/mol. The molecule has 2 aliphatic rings. The van der Waals surface area contributed by atoms with E-state index in [1.165, 1.54) is 0 Å². The van der Waals surface area contributed by atoms with Crippen molar-refractivity contribution < 1.29 is 9.13 Å². The third-order valence-corrected chi connectivity index (χ3v) is 5.97. The number of hydrogen-bond donors (Lipinski definition) is 1. The zero-order valence-electron chi connectivity index (χ0n) is 16.7. The van der Waals surface area contributed by atoms with E-state index in [9.17, 15) is 4.39 Å². The Labute approximate surface area is 166 Å². The summed E-state index contributed by atoms with van der Waals surface area (Å²) < 4.78 is 20.4. The van der Waals surface area contributed by atoms with Crippen molar-refractivity contribution in [2.45, 2.75) is 13.0 Å². The van der Waals surface area contributed by atoms with Gasteiger partial charge in [-0.15, -0.1) is 0 Å². The molecule has 2 aliphatic heterocycles. The first-order chi connectivity index (χ1) is 13.5. The van der Waals surface area contributed by atoms with Gasteiger partial charge in [0.1, 0.15) is 5.82 Å². The lowest BCUT2D eigenvalue weighted by molar-refractivity contribution is 0.122. The minimum atomic E-state index is -0.227. The molecule has 0 aliphatic carbocycles. The molecule has 0 radical (unpaired) electrons. The van der Waals surface area contributed by atoms with Crippen LogP contribution in [-0.2, 0) is 4.74 Å². The first-order valence-corrected chi connectivity index (χ1v) is 10.0. The van der Waals surface area contributed by atoms with Gasteiger partial charge < -0.3 is 25.2 Å². The molecule has 0 amide bonds. The minimum Gasteiger partial charge on any atom is -0.397 e. The molecule has 5 nitrogen and oxygen atoms in total. The van der Waals surface area contributed by atoms with Gasteiger partial charge in [-0.05, 0) is 43.8 Å². The largest absolute Gasteiger partial charge is 0.397 e. The van der Waals surface area contributed by atoms with E-state index in [1.807, 2.05) is 24.3 Å². The molecule has 0 aromatic heterocycles. The molecular weight excluding hydrogens is 355 g/mol. The quantitative estimate of drug-likeness (QED) is 0.824. The van der Waals surface area contributed by atoms with Crippen LogP contribution in [0.2, 0.25) is 0 Å². The SMILES string of the molecule is CC1CN(c2cc(F)c(-c3ccc(N4CCOCC4)cc3)cc2N)CCN1C. The lowest BCUT2D eigenvalue weighted by Gasteiger charge is -2.39. The normalized spacial score (nSPS) is 21.2. The fraction of sp³-hybridized carbons (Fsp3) is 0.455. The molecule has 2 N–H and O–H groups in total. The van der Waals surface area contributed by atoms with Crippen molar-refractivity contribution in [1.29, 1.82) is 0 Å². The van der Waals surface area contributed by atoms with Crippen molar-refractivity contribution in [3.63, 3.8) is 0 Å². The molecule has 0 bridgehead atoms. The number of halogens is 1. The molecule has 2 heterocycles. The van der Waals surface area contributed by atoms with Crippen LogP contribution in [0, 0.1) is 5.82 Å².